The molecule has 288 valence electrons. The van der Waals surface area contributed by atoms with Crippen molar-refractivity contribution in [1.29, 1.82) is 0 Å². The number of rotatable bonds is 5. The van der Waals surface area contributed by atoms with E-state index in [2.05, 4.69) is 196 Å². The first-order chi connectivity index (χ1) is 29.9. The van der Waals surface area contributed by atoms with Gasteiger partial charge in [0, 0.05) is 32.7 Å². The Hall–Kier alpha value is -7.75. The van der Waals surface area contributed by atoms with Crippen LogP contribution in [0, 0.1) is 13.8 Å². The maximum absolute atomic E-state index is 14.9. The van der Waals surface area contributed by atoms with Gasteiger partial charge in [0.15, 0.2) is 5.78 Å². The van der Waals surface area contributed by atoms with Gasteiger partial charge >= 0.3 is 0 Å². The van der Waals surface area contributed by atoms with Gasteiger partial charge in [-0.2, -0.15) is 0 Å². The molecule has 0 unspecified atom stereocenters. The van der Waals surface area contributed by atoms with E-state index in [1.165, 1.54) is 11.1 Å². The number of carbonyl (C=O) groups is 1. The van der Waals surface area contributed by atoms with Gasteiger partial charge in [0.2, 0.25) is 0 Å². The largest absolute Gasteiger partial charge is 0.456 e. The lowest BCUT2D eigenvalue weighted by Crippen LogP contribution is -2.38. The third-order valence-corrected chi connectivity index (χ3v) is 12.8. The van der Waals surface area contributed by atoms with E-state index < -0.39 is 5.41 Å². The van der Waals surface area contributed by atoms with Gasteiger partial charge in [-0.1, -0.05) is 133 Å². The van der Waals surface area contributed by atoms with Crippen LogP contribution in [0.5, 0.6) is 0 Å². The highest BCUT2D eigenvalue weighted by molar-refractivity contribution is 6.15. The molecule has 0 radical (unpaired) electrons. The smallest absolute Gasteiger partial charge is 0.193 e. The standard InChI is InChI=1S/C58H38O3/c1-35-17-22-45-48-32-38(20-25-53(48)60-55(45)27-35)41-29-40(30-42(31-41)39-21-26-54-49(33-39)46-23-18-36(2)28-56(46)61-54)37-19-24-52-50(34-37)57(59)47-15-9-10-16-51(47)58(52,43-11-5-3-6-12-43)44-13-7-4-8-14-44/h3-34H,1-2H3. The second-order valence-corrected chi connectivity index (χ2v) is 16.5. The Morgan fingerprint density at radius 3 is 1.34 bits per heavy atom. The van der Waals surface area contributed by atoms with Gasteiger partial charge in [0.25, 0.3) is 0 Å². The molecule has 0 N–H and O–H groups in total. The molecule has 0 saturated carbocycles. The zero-order chi connectivity index (χ0) is 40.8. The first kappa shape index (κ1) is 35.2. The van der Waals surface area contributed by atoms with E-state index in [9.17, 15) is 4.79 Å². The Morgan fingerprint density at radius 2 is 0.803 bits per heavy atom. The summed E-state index contributed by atoms with van der Waals surface area (Å²) in [6, 6.07) is 68.4. The van der Waals surface area contributed by atoms with E-state index in [0.29, 0.717) is 5.56 Å². The second-order valence-electron chi connectivity index (χ2n) is 16.5. The summed E-state index contributed by atoms with van der Waals surface area (Å²) in [5.41, 5.74) is 17.1. The average Bonchev–Trinajstić information content (AvgIpc) is 3.86. The average molecular weight is 783 g/mol. The van der Waals surface area contributed by atoms with Crippen molar-refractivity contribution in [3.8, 4) is 33.4 Å². The summed E-state index contributed by atoms with van der Waals surface area (Å²) in [4.78, 5) is 14.9. The van der Waals surface area contributed by atoms with Crippen LogP contribution in [-0.4, -0.2) is 5.78 Å². The highest BCUT2D eigenvalue weighted by atomic mass is 16.3. The van der Waals surface area contributed by atoms with Crippen molar-refractivity contribution in [3.05, 3.63) is 239 Å². The minimum absolute atomic E-state index is 0.0337. The first-order valence-electron chi connectivity index (χ1n) is 20.8. The number of benzene rings is 9. The van der Waals surface area contributed by atoms with Crippen LogP contribution in [0.15, 0.2) is 203 Å². The molecule has 0 saturated heterocycles. The number of aryl methyl sites for hydroxylation is 2. The van der Waals surface area contributed by atoms with Crippen molar-refractivity contribution in [1.82, 2.24) is 0 Å². The van der Waals surface area contributed by atoms with Gasteiger partial charge in [-0.15, -0.1) is 0 Å². The predicted octanol–water partition coefficient (Wildman–Crippen LogP) is 15.0. The molecule has 2 aromatic heterocycles. The molecule has 1 aliphatic rings. The highest BCUT2D eigenvalue weighted by Gasteiger charge is 2.46. The molecule has 2 heterocycles. The molecule has 0 aliphatic heterocycles. The Labute approximate surface area is 353 Å². The van der Waals surface area contributed by atoms with Crippen LogP contribution in [0.25, 0.3) is 77.3 Å². The molecule has 0 amide bonds. The number of ketones is 1. The number of carbonyl (C=O) groups excluding carboxylic acids is 1. The lowest BCUT2D eigenvalue weighted by atomic mass is 9.59. The zero-order valence-electron chi connectivity index (χ0n) is 33.7. The first-order valence-corrected chi connectivity index (χ1v) is 20.8. The van der Waals surface area contributed by atoms with Crippen molar-refractivity contribution in [2.24, 2.45) is 0 Å². The SMILES string of the molecule is Cc1ccc2c(c1)oc1ccc(-c3cc(-c4ccc5c(c4)C(=O)c4ccccc4C5(c4ccccc4)c4ccccc4)cc(-c4ccc5oc6cc(C)ccc6c5c4)c3)cc12. The Kier molecular flexibility index (Phi) is 7.73. The molecule has 1 aliphatic carbocycles. The van der Waals surface area contributed by atoms with E-state index in [0.717, 1.165) is 105 Å². The summed E-state index contributed by atoms with van der Waals surface area (Å²) in [5, 5.41) is 4.36. The summed E-state index contributed by atoms with van der Waals surface area (Å²) in [7, 11) is 0. The monoisotopic (exact) mass is 782 g/mol. The van der Waals surface area contributed by atoms with Crippen LogP contribution in [0.2, 0.25) is 0 Å². The molecular formula is C58H38O3. The van der Waals surface area contributed by atoms with Crippen molar-refractivity contribution in [2.75, 3.05) is 0 Å². The van der Waals surface area contributed by atoms with Crippen LogP contribution in [-0.2, 0) is 5.41 Å². The van der Waals surface area contributed by atoms with Gasteiger partial charge in [-0.05, 0) is 141 Å². The van der Waals surface area contributed by atoms with Crippen LogP contribution >= 0.6 is 0 Å². The predicted molar refractivity (Wildman–Crippen MR) is 249 cm³/mol. The second kappa shape index (κ2) is 13.4. The molecule has 11 aromatic rings. The van der Waals surface area contributed by atoms with E-state index in [1.54, 1.807) is 0 Å². The number of hydrogen-bond acceptors (Lipinski definition) is 3. The topological polar surface area (TPSA) is 43.4 Å². The molecule has 0 fully saturated rings. The summed E-state index contributed by atoms with van der Waals surface area (Å²) in [5.74, 6) is 0.0337. The zero-order valence-corrected chi connectivity index (χ0v) is 33.7. The minimum atomic E-state index is -0.698. The molecule has 61 heavy (non-hydrogen) atoms. The fourth-order valence-electron chi connectivity index (χ4n) is 9.96. The van der Waals surface area contributed by atoms with E-state index >= 15 is 0 Å². The highest BCUT2D eigenvalue weighted by Crippen LogP contribution is 2.51. The van der Waals surface area contributed by atoms with Crippen LogP contribution in [0.1, 0.15) is 49.3 Å². The van der Waals surface area contributed by atoms with Gasteiger partial charge in [0.1, 0.15) is 22.3 Å². The third kappa shape index (κ3) is 5.40. The molecule has 3 nitrogen and oxygen atoms in total. The summed E-state index contributed by atoms with van der Waals surface area (Å²) >= 11 is 0. The van der Waals surface area contributed by atoms with Gasteiger partial charge in [-0.25, -0.2) is 0 Å². The molecule has 0 atom stereocenters. The van der Waals surface area contributed by atoms with Crippen LogP contribution in [0.3, 0.4) is 0 Å². The molecule has 9 aromatic carbocycles. The van der Waals surface area contributed by atoms with E-state index in [-0.39, 0.29) is 5.78 Å². The van der Waals surface area contributed by atoms with Crippen LogP contribution in [0.4, 0.5) is 0 Å². The Balaban J connectivity index is 1.09. The van der Waals surface area contributed by atoms with E-state index in [4.69, 9.17) is 8.83 Å². The Bertz CT molecular complexity index is 3390. The van der Waals surface area contributed by atoms with Crippen molar-refractivity contribution < 1.29 is 13.6 Å². The van der Waals surface area contributed by atoms with Crippen molar-refractivity contribution >= 4 is 49.7 Å². The van der Waals surface area contributed by atoms with Crippen LogP contribution < -0.4 is 0 Å². The normalized spacial score (nSPS) is 13.2. The quantitative estimate of drug-likeness (QED) is 0.175. The van der Waals surface area contributed by atoms with E-state index in [1.807, 2.05) is 12.1 Å². The molecular weight excluding hydrogens is 745 g/mol. The number of fused-ring (bicyclic) bond motifs is 8. The molecule has 3 heteroatoms. The lowest BCUT2D eigenvalue weighted by molar-refractivity contribution is 0.103. The Morgan fingerprint density at radius 1 is 0.344 bits per heavy atom. The maximum atomic E-state index is 14.9. The fraction of sp³-hybridized carbons (Fsp3) is 0.0517. The summed E-state index contributed by atoms with van der Waals surface area (Å²) < 4.78 is 12.6. The maximum Gasteiger partial charge on any atom is 0.193 e. The molecule has 0 spiro atoms. The molecule has 12 rings (SSSR count). The minimum Gasteiger partial charge on any atom is -0.456 e. The van der Waals surface area contributed by atoms with Gasteiger partial charge in [0.05, 0.1) is 5.41 Å². The van der Waals surface area contributed by atoms with Crippen molar-refractivity contribution in [3.63, 3.8) is 0 Å². The number of furan rings is 2. The lowest BCUT2D eigenvalue weighted by Gasteiger charge is -2.41. The summed E-state index contributed by atoms with van der Waals surface area (Å²) in [6.45, 7) is 4.18. The third-order valence-electron chi connectivity index (χ3n) is 12.8. The summed E-state index contributed by atoms with van der Waals surface area (Å²) in [6.07, 6.45) is 0. The molecule has 0 bridgehead atoms. The number of hydrogen-bond donors (Lipinski definition) is 0. The van der Waals surface area contributed by atoms with Gasteiger partial charge < -0.3 is 8.83 Å². The van der Waals surface area contributed by atoms with Crippen molar-refractivity contribution in [2.45, 2.75) is 19.3 Å². The fourth-order valence-corrected chi connectivity index (χ4v) is 9.96. The van der Waals surface area contributed by atoms with Gasteiger partial charge in [-0.3, -0.25) is 4.79 Å².